The van der Waals surface area contributed by atoms with Crippen molar-refractivity contribution in [1.29, 1.82) is 0 Å². The zero-order valence-electron chi connectivity index (χ0n) is 11.8. The van der Waals surface area contributed by atoms with Gasteiger partial charge in [-0.25, -0.2) is 0 Å². The number of halogens is 1. The fourth-order valence-electron chi connectivity index (χ4n) is 2.64. The highest BCUT2D eigenvalue weighted by atomic mass is 79.9. The number of anilines is 1. The number of aliphatic hydroxyl groups is 1. The van der Waals surface area contributed by atoms with Crippen molar-refractivity contribution < 1.29 is 5.11 Å². The summed E-state index contributed by atoms with van der Waals surface area (Å²) in [6.07, 6.45) is 2.58. The monoisotopic (exact) mass is 326 g/mol. The maximum atomic E-state index is 9.19. The first-order valence-corrected chi connectivity index (χ1v) is 7.68. The molecular weight excluding hydrogens is 304 g/mol. The van der Waals surface area contributed by atoms with Crippen molar-refractivity contribution in [2.24, 2.45) is 5.92 Å². The Hall–Kier alpha value is -0.580. The Kier molecular flexibility index (Phi) is 5.25. The van der Waals surface area contributed by atoms with E-state index < -0.39 is 0 Å². The first-order chi connectivity index (χ1) is 9.10. The van der Waals surface area contributed by atoms with Gasteiger partial charge in [-0.1, -0.05) is 22.0 Å². The minimum absolute atomic E-state index is 0.0829. The lowest BCUT2D eigenvalue weighted by molar-refractivity contribution is 0.222. The largest absolute Gasteiger partial charge is 0.392 e. The average Bonchev–Trinajstić information content (AvgIpc) is 2.41. The van der Waals surface area contributed by atoms with E-state index in [9.17, 15) is 5.11 Å². The number of hydrogen-bond acceptors (Lipinski definition) is 3. The van der Waals surface area contributed by atoms with Crippen molar-refractivity contribution in [3.8, 4) is 0 Å². The lowest BCUT2D eigenvalue weighted by atomic mass is 9.96. The summed E-state index contributed by atoms with van der Waals surface area (Å²) in [7, 11) is 4.35. The smallest absolute Gasteiger partial charge is 0.0692 e. The summed E-state index contributed by atoms with van der Waals surface area (Å²) in [6.45, 7) is 3.62. The molecule has 0 spiro atoms. The molecule has 1 saturated heterocycles. The molecule has 1 fully saturated rings. The van der Waals surface area contributed by atoms with Gasteiger partial charge in [0.1, 0.15) is 0 Å². The molecule has 106 valence electrons. The maximum Gasteiger partial charge on any atom is 0.0692 e. The zero-order chi connectivity index (χ0) is 13.8. The fraction of sp³-hybridized carbons (Fsp3) is 0.600. The zero-order valence-corrected chi connectivity index (χ0v) is 13.4. The molecule has 1 aromatic rings. The van der Waals surface area contributed by atoms with E-state index in [1.807, 2.05) is 6.07 Å². The SMILES string of the molecule is CN1CCC(CN(C)c2ccc(CO)c(Br)c2)CC1. The van der Waals surface area contributed by atoms with Crippen LogP contribution >= 0.6 is 15.9 Å². The van der Waals surface area contributed by atoms with Crippen molar-refractivity contribution in [1.82, 2.24) is 4.90 Å². The molecule has 0 radical (unpaired) electrons. The van der Waals surface area contributed by atoms with E-state index in [2.05, 4.69) is 52.0 Å². The van der Waals surface area contributed by atoms with E-state index in [0.29, 0.717) is 0 Å². The number of hydrogen-bond donors (Lipinski definition) is 1. The van der Waals surface area contributed by atoms with Crippen molar-refractivity contribution >= 4 is 21.6 Å². The molecule has 1 heterocycles. The number of benzene rings is 1. The second-order valence-electron chi connectivity index (χ2n) is 5.56. The molecule has 1 N–H and O–H groups in total. The summed E-state index contributed by atoms with van der Waals surface area (Å²) in [5.74, 6) is 0.789. The average molecular weight is 327 g/mol. The molecule has 3 nitrogen and oxygen atoms in total. The molecular formula is C15H23BrN2O. The molecule has 0 aromatic heterocycles. The number of likely N-dealkylation sites (tertiary alicyclic amines) is 1. The Labute approximate surface area is 124 Å². The second-order valence-corrected chi connectivity index (χ2v) is 6.42. The van der Waals surface area contributed by atoms with Gasteiger partial charge in [-0.15, -0.1) is 0 Å². The molecule has 0 saturated carbocycles. The van der Waals surface area contributed by atoms with Gasteiger partial charge in [0.25, 0.3) is 0 Å². The minimum atomic E-state index is 0.0829. The van der Waals surface area contributed by atoms with Gasteiger partial charge in [0.05, 0.1) is 6.61 Å². The van der Waals surface area contributed by atoms with Gasteiger partial charge in [0.2, 0.25) is 0 Å². The quantitative estimate of drug-likeness (QED) is 0.921. The van der Waals surface area contributed by atoms with Gasteiger partial charge in [0, 0.05) is 23.8 Å². The van der Waals surface area contributed by atoms with E-state index in [-0.39, 0.29) is 6.61 Å². The molecule has 0 amide bonds. The van der Waals surface area contributed by atoms with Crippen molar-refractivity contribution in [3.63, 3.8) is 0 Å². The van der Waals surface area contributed by atoms with Crippen LogP contribution in [0.25, 0.3) is 0 Å². The number of piperidine rings is 1. The molecule has 1 aliphatic rings. The van der Waals surface area contributed by atoms with Crippen LogP contribution in [0.2, 0.25) is 0 Å². The third kappa shape index (κ3) is 3.94. The summed E-state index contributed by atoms with van der Waals surface area (Å²) in [5.41, 5.74) is 2.15. The van der Waals surface area contributed by atoms with Gasteiger partial charge >= 0.3 is 0 Å². The van der Waals surface area contributed by atoms with E-state index in [1.54, 1.807) is 0 Å². The van der Waals surface area contributed by atoms with Crippen LogP contribution in [0.4, 0.5) is 5.69 Å². The van der Waals surface area contributed by atoms with Crippen LogP contribution in [0.5, 0.6) is 0 Å². The Morgan fingerprint density at radius 2 is 2.05 bits per heavy atom. The molecule has 0 atom stereocenters. The molecule has 0 bridgehead atoms. The molecule has 1 aromatic carbocycles. The van der Waals surface area contributed by atoms with Crippen LogP contribution in [-0.4, -0.2) is 43.7 Å². The van der Waals surface area contributed by atoms with Crippen LogP contribution in [0.1, 0.15) is 18.4 Å². The maximum absolute atomic E-state index is 9.19. The Morgan fingerprint density at radius 3 is 2.63 bits per heavy atom. The summed E-state index contributed by atoms with van der Waals surface area (Å²) in [5, 5.41) is 9.19. The third-order valence-electron chi connectivity index (χ3n) is 4.02. The summed E-state index contributed by atoms with van der Waals surface area (Å²) >= 11 is 3.52. The highest BCUT2D eigenvalue weighted by molar-refractivity contribution is 9.10. The molecule has 0 aliphatic carbocycles. The topological polar surface area (TPSA) is 26.7 Å². The first-order valence-electron chi connectivity index (χ1n) is 6.89. The lowest BCUT2D eigenvalue weighted by Crippen LogP contribution is -2.35. The standard InChI is InChI=1S/C15H23BrN2O/c1-17-7-5-12(6-8-17)10-18(2)14-4-3-13(11-19)15(16)9-14/h3-4,9,12,19H,5-8,10-11H2,1-2H3. The van der Waals surface area contributed by atoms with Crippen LogP contribution in [-0.2, 0) is 6.61 Å². The molecule has 4 heteroatoms. The lowest BCUT2D eigenvalue weighted by Gasteiger charge is -2.32. The number of aliphatic hydroxyl groups excluding tert-OH is 1. The van der Waals surface area contributed by atoms with Gasteiger partial charge in [-0.3, -0.25) is 0 Å². The van der Waals surface area contributed by atoms with Crippen LogP contribution in [0.3, 0.4) is 0 Å². The highest BCUT2D eigenvalue weighted by Crippen LogP contribution is 2.25. The highest BCUT2D eigenvalue weighted by Gasteiger charge is 2.18. The molecule has 0 unspecified atom stereocenters. The number of rotatable bonds is 4. The van der Waals surface area contributed by atoms with Gasteiger partial charge in [-0.2, -0.15) is 0 Å². The first kappa shape index (κ1) is 14.8. The Morgan fingerprint density at radius 1 is 1.37 bits per heavy atom. The molecule has 2 rings (SSSR count). The van der Waals surface area contributed by atoms with Crippen LogP contribution in [0.15, 0.2) is 22.7 Å². The molecule has 1 aliphatic heterocycles. The summed E-state index contributed by atoms with van der Waals surface area (Å²) in [6, 6.07) is 6.18. The summed E-state index contributed by atoms with van der Waals surface area (Å²) < 4.78 is 0.989. The molecule has 19 heavy (non-hydrogen) atoms. The van der Waals surface area contributed by atoms with Crippen LogP contribution < -0.4 is 4.90 Å². The second kappa shape index (κ2) is 6.73. The van der Waals surface area contributed by atoms with Gasteiger partial charge < -0.3 is 14.9 Å². The minimum Gasteiger partial charge on any atom is -0.392 e. The van der Waals surface area contributed by atoms with Gasteiger partial charge in [-0.05, 0) is 56.6 Å². The Bertz CT molecular complexity index is 417. The van der Waals surface area contributed by atoms with Crippen molar-refractivity contribution in [2.45, 2.75) is 19.4 Å². The normalized spacial score (nSPS) is 17.7. The fourth-order valence-corrected chi connectivity index (χ4v) is 3.13. The number of nitrogens with zero attached hydrogens (tertiary/aromatic N) is 2. The van der Waals surface area contributed by atoms with Crippen molar-refractivity contribution in [2.75, 3.05) is 38.6 Å². The predicted molar refractivity (Wildman–Crippen MR) is 83.6 cm³/mol. The predicted octanol–water partition coefficient (Wildman–Crippen LogP) is 2.72. The van der Waals surface area contributed by atoms with E-state index in [0.717, 1.165) is 22.5 Å². The van der Waals surface area contributed by atoms with E-state index in [4.69, 9.17) is 0 Å². The third-order valence-corrected chi connectivity index (χ3v) is 4.76. The summed E-state index contributed by atoms with van der Waals surface area (Å²) in [4.78, 5) is 4.73. The van der Waals surface area contributed by atoms with E-state index in [1.165, 1.54) is 31.6 Å². The van der Waals surface area contributed by atoms with Crippen LogP contribution in [0, 0.1) is 5.92 Å². The Balaban J connectivity index is 1.96. The van der Waals surface area contributed by atoms with Crippen molar-refractivity contribution in [3.05, 3.63) is 28.2 Å². The van der Waals surface area contributed by atoms with Gasteiger partial charge in [0.15, 0.2) is 0 Å². The van der Waals surface area contributed by atoms with E-state index >= 15 is 0 Å².